The van der Waals surface area contributed by atoms with Crippen molar-refractivity contribution >= 4 is 27.2 Å². The predicted octanol–water partition coefficient (Wildman–Crippen LogP) is -0.207. The van der Waals surface area contributed by atoms with Crippen LogP contribution in [0.4, 0.5) is 4.79 Å². The van der Waals surface area contributed by atoms with Gasteiger partial charge in [0.25, 0.3) is 0 Å². The zero-order chi connectivity index (χ0) is 15.6. The summed E-state index contributed by atoms with van der Waals surface area (Å²) in [7, 11) is -1.76. The molecule has 2 atom stereocenters. The SMILES string of the molecule is Cc1ncsc1CCNC(=O)N(C)[C@@H]1CS(=O)(=O)C[C@H]1O. The predicted molar refractivity (Wildman–Crippen MR) is 80.2 cm³/mol. The first-order valence-electron chi connectivity index (χ1n) is 6.58. The summed E-state index contributed by atoms with van der Waals surface area (Å²) < 4.78 is 22.9. The van der Waals surface area contributed by atoms with Crippen LogP contribution in [0.3, 0.4) is 0 Å². The van der Waals surface area contributed by atoms with Crippen LogP contribution in [0, 0.1) is 6.92 Å². The average Bonchev–Trinajstić information content (AvgIpc) is 2.91. The molecule has 0 aliphatic carbocycles. The molecule has 2 N–H and O–H groups in total. The van der Waals surface area contributed by atoms with E-state index in [1.54, 1.807) is 5.51 Å². The number of hydrogen-bond donors (Lipinski definition) is 2. The molecule has 9 heteroatoms. The lowest BCUT2D eigenvalue weighted by atomic mass is 10.2. The van der Waals surface area contributed by atoms with Crippen molar-refractivity contribution in [2.75, 3.05) is 25.1 Å². The van der Waals surface area contributed by atoms with Gasteiger partial charge in [-0.2, -0.15) is 0 Å². The minimum absolute atomic E-state index is 0.188. The normalized spacial score (nSPS) is 24.0. The van der Waals surface area contributed by atoms with Gasteiger partial charge in [0.15, 0.2) is 9.84 Å². The standard InChI is InChI=1S/C12H19N3O4S2/c1-8-11(20-7-14-8)3-4-13-12(17)15(2)9-5-21(18,19)6-10(9)16/h7,9-10,16H,3-6H2,1-2H3,(H,13,17)/t9-,10-/m1/s1. The second kappa shape index (κ2) is 6.29. The third-order valence-electron chi connectivity index (χ3n) is 3.58. The van der Waals surface area contributed by atoms with E-state index in [1.807, 2.05) is 6.92 Å². The molecule has 0 saturated carbocycles. The Kier molecular flexibility index (Phi) is 4.84. The molecule has 0 spiro atoms. The molecule has 0 bridgehead atoms. The Labute approximate surface area is 127 Å². The summed E-state index contributed by atoms with van der Waals surface area (Å²) in [5.41, 5.74) is 2.72. The molecular weight excluding hydrogens is 314 g/mol. The third-order valence-corrected chi connectivity index (χ3v) is 6.28. The molecule has 2 rings (SSSR count). The van der Waals surface area contributed by atoms with Crippen molar-refractivity contribution in [2.45, 2.75) is 25.5 Å². The maximum atomic E-state index is 12.0. The Morgan fingerprint density at radius 2 is 2.29 bits per heavy atom. The van der Waals surface area contributed by atoms with Gasteiger partial charge in [0.2, 0.25) is 0 Å². The Morgan fingerprint density at radius 1 is 1.57 bits per heavy atom. The molecule has 1 aliphatic rings. The number of rotatable bonds is 4. The third kappa shape index (κ3) is 3.92. The van der Waals surface area contributed by atoms with E-state index in [4.69, 9.17) is 0 Å². The van der Waals surface area contributed by atoms with Gasteiger partial charge in [-0.25, -0.2) is 18.2 Å². The largest absolute Gasteiger partial charge is 0.390 e. The summed E-state index contributed by atoms with van der Waals surface area (Å²) >= 11 is 1.54. The first-order valence-corrected chi connectivity index (χ1v) is 9.28. The lowest BCUT2D eigenvalue weighted by Gasteiger charge is -2.26. The number of aryl methyl sites for hydroxylation is 1. The molecular formula is C12H19N3O4S2. The summed E-state index contributed by atoms with van der Waals surface area (Å²) in [6.07, 6.45) is -0.337. The fourth-order valence-electron chi connectivity index (χ4n) is 2.30. The highest BCUT2D eigenvalue weighted by Gasteiger charge is 2.40. The number of carbonyl (C=O) groups excluding carboxylic acids is 1. The average molecular weight is 333 g/mol. The van der Waals surface area contributed by atoms with Crippen LogP contribution >= 0.6 is 11.3 Å². The van der Waals surface area contributed by atoms with Gasteiger partial charge in [0, 0.05) is 24.9 Å². The monoisotopic (exact) mass is 333 g/mol. The number of nitrogens with one attached hydrogen (secondary N) is 1. The van der Waals surface area contributed by atoms with Gasteiger partial charge in [-0.1, -0.05) is 0 Å². The Hall–Kier alpha value is -1.19. The van der Waals surface area contributed by atoms with Crippen LogP contribution in [0.5, 0.6) is 0 Å². The molecule has 1 fully saturated rings. The number of amides is 2. The first kappa shape index (κ1) is 16.2. The molecule has 1 aromatic heterocycles. The number of aromatic nitrogens is 1. The number of nitrogens with zero attached hydrogens (tertiary/aromatic N) is 2. The van der Waals surface area contributed by atoms with Crippen LogP contribution in [0.2, 0.25) is 0 Å². The Morgan fingerprint density at radius 3 is 2.81 bits per heavy atom. The Bertz CT molecular complexity index is 614. The lowest BCUT2D eigenvalue weighted by molar-refractivity contribution is 0.110. The minimum atomic E-state index is -3.26. The van der Waals surface area contributed by atoms with Gasteiger partial charge in [-0.15, -0.1) is 11.3 Å². The molecule has 2 heterocycles. The summed E-state index contributed by atoms with van der Waals surface area (Å²) in [6.45, 7) is 2.36. The zero-order valence-electron chi connectivity index (χ0n) is 11.9. The number of carbonyl (C=O) groups is 1. The highest BCUT2D eigenvalue weighted by Crippen LogP contribution is 2.17. The van der Waals surface area contributed by atoms with Crippen molar-refractivity contribution in [1.82, 2.24) is 15.2 Å². The Balaban J connectivity index is 1.84. The van der Waals surface area contributed by atoms with Gasteiger partial charge >= 0.3 is 6.03 Å². The molecule has 2 amide bonds. The number of aliphatic hydroxyl groups is 1. The van der Waals surface area contributed by atoms with E-state index in [0.717, 1.165) is 10.6 Å². The second-order valence-electron chi connectivity index (χ2n) is 5.17. The van der Waals surface area contributed by atoms with Crippen LogP contribution in [0.1, 0.15) is 10.6 Å². The molecule has 1 saturated heterocycles. The number of hydrogen-bond acceptors (Lipinski definition) is 6. The second-order valence-corrected chi connectivity index (χ2v) is 8.26. The highest BCUT2D eigenvalue weighted by molar-refractivity contribution is 7.91. The smallest absolute Gasteiger partial charge is 0.317 e. The van der Waals surface area contributed by atoms with Crippen LogP contribution in [-0.2, 0) is 16.3 Å². The van der Waals surface area contributed by atoms with E-state index in [1.165, 1.54) is 23.3 Å². The zero-order valence-corrected chi connectivity index (χ0v) is 13.6. The maximum Gasteiger partial charge on any atom is 0.317 e. The fraction of sp³-hybridized carbons (Fsp3) is 0.667. The minimum Gasteiger partial charge on any atom is -0.390 e. The van der Waals surface area contributed by atoms with E-state index in [-0.39, 0.29) is 17.5 Å². The van der Waals surface area contributed by atoms with Gasteiger partial charge in [-0.05, 0) is 6.92 Å². The van der Waals surface area contributed by atoms with Crippen molar-refractivity contribution in [3.05, 3.63) is 16.1 Å². The summed E-state index contributed by atoms with van der Waals surface area (Å²) in [5, 5.41) is 12.5. The topological polar surface area (TPSA) is 99.6 Å². The number of sulfone groups is 1. The summed E-state index contributed by atoms with van der Waals surface area (Å²) in [4.78, 5) is 18.5. The first-order chi connectivity index (χ1) is 9.80. The van der Waals surface area contributed by atoms with Crippen molar-refractivity contribution in [2.24, 2.45) is 0 Å². The van der Waals surface area contributed by atoms with Crippen LogP contribution in [0.25, 0.3) is 0 Å². The van der Waals surface area contributed by atoms with E-state index in [2.05, 4.69) is 10.3 Å². The van der Waals surface area contributed by atoms with Gasteiger partial charge in [-0.3, -0.25) is 0 Å². The maximum absolute atomic E-state index is 12.0. The van der Waals surface area contributed by atoms with Gasteiger partial charge in [0.05, 0.1) is 34.9 Å². The van der Waals surface area contributed by atoms with Crippen molar-refractivity contribution in [1.29, 1.82) is 0 Å². The van der Waals surface area contributed by atoms with Crippen molar-refractivity contribution < 1.29 is 18.3 Å². The van der Waals surface area contributed by atoms with Gasteiger partial charge in [0.1, 0.15) is 0 Å². The van der Waals surface area contributed by atoms with Crippen LogP contribution in [0.15, 0.2) is 5.51 Å². The van der Waals surface area contributed by atoms with E-state index in [9.17, 15) is 18.3 Å². The fourth-order valence-corrected chi connectivity index (χ4v) is 4.93. The molecule has 0 unspecified atom stereocenters. The van der Waals surface area contributed by atoms with Crippen LogP contribution < -0.4 is 5.32 Å². The quantitative estimate of drug-likeness (QED) is 0.794. The highest BCUT2D eigenvalue weighted by atomic mass is 32.2. The summed E-state index contributed by atoms with van der Waals surface area (Å²) in [6, 6.07) is -1.06. The lowest BCUT2D eigenvalue weighted by Crippen LogP contribution is -2.48. The van der Waals surface area contributed by atoms with E-state index >= 15 is 0 Å². The molecule has 7 nitrogen and oxygen atoms in total. The van der Waals surface area contributed by atoms with Crippen molar-refractivity contribution in [3.63, 3.8) is 0 Å². The number of thiazole rings is 1. The number of urea groups is 1. The molecule has 118 valence electrons. The van der Waals surface area contributed by atoms with Crippen LogP contribution in [-0.4, -0.2) is 66.7 Å². The van der Waals surface area contributed by atoms with E-state index in [0.29, 0.717) is 13.0 Å². The number of likely N-dealkylation sites (N-methyl/N-ethyl adjacent to an activating group) is 1. The molecule has 21 heavy (non-hydrogen) atoms. The molecule has 0 aromatic carbocycles. The summed E-state index contributed by atoms with van der Waals surface area (Å²) in [5.74, 6) is -0.471. The molecule has 0 radical (unpaired) electrons. The van der Waals surface area contributed by atoms with Gasteiger partial charge < -0.3 is 15.3 Å². The van der Waals surface area contributed by atoms with E-state index < -0.39 is 22.0 Å². The molecule has 1 aliphatic heterocycles. The molecule has 1 aromatic rings. The number of aliphatic hydroxyl groups excluding tert-OH is 1. The van der Waals surface area contributed by atoms with Crippen molar-refractivity contribution in [3.8, 4) is 0 Å².